The molecule has 1 unspecified atom stereocenters. The van der Waals surface area contributed by atoms with E-state index in [1.165, 1.54) is 68.9 Å². The van der Waals surface area contributed by atoms with Gasteiger partial charge in [0.25, 0.3) is 0 Å². The van der Waals surface area contributed by atoms with Crippen LogP contribution >= 0.6 is 0 Å². The van der Waals surface area contributed by atoms with Crippen LogP contribution in [-0.2, 0) is 0 Å². The molecule has 2 aliphatic heterocycles. The molecule has 0 aromatic carbocycles. The van der Waals surface area contributed by atoms with Crippen LogP contribution in [0.3, 0.4) is 0 Å². The zero-order valence-electron chi connectivity index (χ0n) is 12.6. The maximum atomic E-state index is 2.59. The Labute approximate surface area is 113 Å². The maximum absolute atomic E-state index is 2.59. The molecule has 0 saturated carbocycles. The monoisotopic (exact) mass is 248 g/mol. The molecule has 1 heteroatoms. The summed E-state index contributed by atoms with van der Waals surface area (Å²) in [5.74, 6) is 0.997. The molecular formula is C17H30N+. The fourth-order valence-electron chi connectivity index (χ4n) is 5.19. The quantitative estimate of drug-likeness (QED) is 0.505. The number of nitrogens with zero attached hydrogens (tertiary/aromatic N) is 1. The van der Waals surface area contributed by atoms with E-state index in [-0.39, 0.29) is 0 Å². The van der Waals surface area contributed by atoms with Crippen molar-refractivity contribution in [1.82, 2.24) is 0 Å². The number of piperidine rings is 1. The van der Waals surface area contributed by atoms with Gasteiger partial charge in [-0.1, -0.05) is 18.9 Å². The predicted octanol–water partition coefficient (Wildman–Crippen LogP) is 4.29. The molecule has 3 rings (SSSR count). The van der Waals surface area contributed by atoms with Crippen molar-refractivity contribution in [2.24, 2.45) is 5.92 Å². The minimum absolute atomic E-state index is 0.508. The van der Waals surface area contributed by atoms with Gasteiger partial charge in [-0.3, -0.25) is 0 Å². The van der Waals surface area contributed by atoms with Gasteiger partial charge in [-0.15, -0.1) is 0 Å². The molecule has 1 saturated heterocycles. The third-order valence-electron chi connectivity index (χ3n) is 6.48. The predicted molar refractivity (Wildman–Crippen MR) is 77.4 cm³/mol. The number of likely N-dealkylation sites (N-methyl/N-ethyl adjacent to an activating group) is 1. The van der Waals surface area contributed by atoms with E-state index in [1.807, 2.05) is 11.1 Å². The summed E-state index contributed by atoms with van der Waals surface area (Å²) in [6.07, 6.45) is 11.4. The van der Waals surface area contributed by atoms with E-state index in [0.717, 1.165) is 5.92 Å². The van der Waals surface area contributed by atoms with Crippen molar-refractivity contribution in [1.29, 1.82) is 0 Å². The van der Waals surface area contributed by atoms with Crippen LogP contribution in [-0.4, -0.2) is 30.2 Å². The highest BCUT2D eigenvalue weighted by Gasteiger charge is 2.54. The molecule has 102 valence electrons. The van der Waals surface area contributed by atoms with Gasteiger partial charge in [-0.05, 0) is 44.6 Å². The van der Waals surface area contributed by atoms with E-state index in [1.54, 1.807) is 0 Å². The van der Waals surface area contributed by atoms with Gasteiger partial charge >= 0.3 is 0 Å². The highest BCUT2D eigenvalue weighted by molar-refractivity contribution is 5.30. The lowest BCUT2D eigenvalue weighted by Crippen LogP contribution is -2.67. The molecule has 0 spiro atoms. The minimum Gasteiger partial charge on any atom is -0.317 e. The molecule has 1 fully saturated rings. The first kappa shape index (κ1) is 12.7. The molecule has 0 aromatic rings. The summed E-state index contributed by atoms with van der Waals surface area (Å²) in [7, 11) is 2.56. The molecule has 1 aliphatic carbocycles. The summed E-state index contributed by atoms with van der Waals surface area (Å²) in [5.41, 5.74) is 4.27. The Morgan fingerprint density at radius 2 is 2.11 bits per heavy atom. The van der Waals surface area contributed by atoms with E-state index in [0.29, 0.717) is 5.54 Å². The van der Waals surface area contributed by atoms with Crippen LogP contribution in [0.1, 0.15) is 65.2 Å². The molecule has 0 amide bonds. The van der Waals surface area contributed by atoms with Gasteiger partial charge in [0.15, 0.2) is 0 Å². The van der Waals surface area contributed by atoms with Crippen LogP contribution in [0.5, 0.6) is 0 Å². The fraction of sp³-hybridized carbons (Fsp3) is 0.882. The van der Waals surface area contributed by atoms with E-state index in [9.17, 15) is 0 Å². The van der Waals surface area contributed by atoms with Gasteiger partial charge in [0.2, 0.25) is 0 Å². The summed E-state index contributed by atoms with van der Waals surface area (Å²) in [6, 6.07) is 0. The SMILES string of the molecule is CCC[C@H]1CC[C@]2(C)C3=C(CCC3)CC[N+]2(C)C1. The molecule has 1 nitrogen and oxygen atoms in total. The Hall–Kier alpha value is -0.300. The first-order valence-corrected chi connectivity index (χ1v) is 8.15. The lowest BCUT2D eigenvalue weighted by atomic mass is 9.71. The smallest absolute Gasteiger partial charge is 0.118 e. The summed E-state index contributed by atoms with van der Waals surface area (Å²) in [4.78, 5) is 0. The van der Waals surface area contributed by atoms with E-state index < -0.39 is 0 Å². The minimum atomic E-state index is 0.508. The molecule has 0 bridgehead atoms. The van der Waals surface area contributed by atoms with Crippen LogP contribution < -0.4 is 0 Å². The van der Waals surface area contributed by atoms with Crippen LogP contribution in [0.4, 0.5) is 0 Å². The van der Waals surface area contributed by atoms with Crippen molar-refractivity contribution in [3.63, 3.8) is 0 Å². The number of quaternary nitrogens is 1. The van der Waals surface area contributed by atoms with Gasteiger partial charge in [0.05, 0.1) is 20.1 Å². The van der Waals surface area contributed by atoms with Crippen molar-refractivity contribution < 1.29 is 4.48 Å². The maximum Gasteiger partial charge on any atom is 0.118 e. The molecular weight excluding hydrogens is 218 g/mol. The van der Waals surface area contributed by atoms with Crippen LogP contribution in [0, 0.1) is 5.92 Å². The summed E-state index contributed by atoms with van der Waals surface area (Å²) in [6.45, 7) is 7.80. The molecule has 0 N–H and O–H groups in total. The molecule has 0 radical (unpaired) electrons. The van der Waals surface area contributed by atoms with Gasteiger partial charge in [0.1, 0.15) is 5.54 Å². The number of hydrogen-bond donors (Lipinski definition) is 0. The van der Waals surface area contributed by atoms with Gasteiger partial charge in [-0.2, -0.15) is 0 Å². The van der Waals surface area contributed by atoms with Gasteiger partial charge in [-0.25, -0.2) is 0 Å². The van der Waals surface area contributed by atoms with Crippen molar-refractivity contribution >= 4 is 0 Å². The Bertz CT molecular complexity index is 370. The summed E-state index contributed by atoms with van der Waals surface area (Å²) >= 11 is 0. The van der Waals surface area contributed by atoms with Crippen molar-refractivity contribution in [2.45, 2.75) is 70.8 Å². The first-order valence-electron chi connectivity index (χ1n) is 8.15. The number of rotatable bonds is 2. The first-order chi connectivity index (χ1) is 8.59. The lowest BCUT2D eigenvalue weighted by Gasteiger charge is -2.57. The normalized spacial score (nSPS) is 43.8. The van der Waals surface area contributed by atoms with Crippen LogP contribution in [0.25, 0.3) is 0 Å². The molecule has 3 atom stereocenters. The fourth-order valence-corrected chi connectivity index (χ4v) is 5.19. The standard InChI is InChI=1S/C17H30N/c1-4-6-14-9-11-17(2)16-8-5-7-15(16)10-12-18(17,3)13-14/h14H,4-13H2,1-3H3/q+1/t14-,17+,18?/m0/s1. The number of hydrogen-bond acceptors (Lipinski definition) is 0. The Morgan fingerprint density at radius 1 is 1.28 bits per heavy atom. The van der Waals surface area contributed by atoms with E-state index >= 15 is 0 Å². The highest BCUT2D eigenvalue weighted by atomic mass is 15.4. The van der Waals surface area contributed by atoms with Crippen LogP contribution in [0.2, 0.25) is 0 Å². The largest absolute Gasteiger partial charge is 0.317 e. The van der Waals surface area contributed by atoms with Crippen molar-refractivity contribution in [2.75, 3.05) is 20.1 Å². The van der Waals surface area contributed by atoms with Gasteiger partial charge in [0, 0.05) is 18.8 Å². The molecule has 18 heavy (non-hydrogen) atoms. The Kier molecular flexibility index (Phi) is 3.09. The zero-order chi connectivity index (χ0) is 12.8. The Morgan fingerprint density at radius 3 is 2.89 bits per heavy atom. The molecule has 0 aromatic heterocycles. The zero-order valence-corrected chi connectivity index (χ0v) is 12.6. The van der Waals surface area contributed by atoms with E-state index in [2.05, 4.69) is 20.9 Å². The molecule has 3 aliphatic rings. The van der Waals surface area contributed by atoms with Crippen molar-refractivity contribution in [3.05, 3.63) is 11.1 Å². The molecule has 2 heterocycles. The van der Waals surface area contributed by atoms with Gasteiger partial charge < -0.3 is 4.48 Å². The summed E-state index contributed by atoms with van der Waals surface area (Å²) < 4.78 is 1.36. The second-order valence-corrected chi connectivity index (χ2v) is 7.45. The Balaban J connectivity index is 1.89. The van der Waals surface area contributed by atoms with Crippen LogP contribution in [0.15, 0.2) is 11.1 Å². The average Bonchev–Trinajstić information content (AvgIpc) is 2.81. The third-order valence-corrected chi connectivity index (χ3v) is 6.48. The van der Waals surface area contributed by atoms with E-state index in [4.69, 9.17) is 0 Å². The second-order valence-electron chi connectivity index (χ2n) is 7.45. The highest BCUT2D eigenvalue weighted by Crippen LogP contribution is 2.51. The average molecular weight is 248 g/mol. The lowest BCUT2D eigenvalue weighted by molar-refractivity contribution is -0.961. The topological polar surface area (TPSA) is 0 Å². The number of fused-ring (bicyclic) bond motifs is 2. The third kappa shape index (κ3) is 1.70. The van der Waals surface area contributed by atoms with Crippen molar-refractivity contribution in [3.8, 4) is 0 Å². The summed E-state index contributed by atoms with van der Waals surface area (Å²) in [5, 5.41) is 0. The second kappa shape index (κ2) is 4.37.